The number of benzene rings is 1. The van der Waals surface area contributed by atoms with E-state index in [0.29, 0.717) is 18.7 Å². The summed E-state index contributed by atoms with van der Waals surface area (Å²) in [4.78, 5) is 12.6. The Labute approximate surface area is 149 Å². The fourth-order valence-electron chi connectivity index (χ4n) is 3.31. The molecule has 3 atom stereocenters. The minimum atomic E-state index is -4.51. The topological polar surface area (TPSA) is 59.0 Å². The van der Waals surface area contributed by atoms with Gasteiger partial charge < -0.3 is 10.6 Å². The number of nitrogens with zero attached hydrogens (tertiary/aromatic N) is 2. The molecule has 140 valence electrons. The second-order valence-corrected chi connectivity index (χ2v) is 6.61. The summed E-state index contributed by atoms with van der Waals surface area (Å²) >= 11 is 0. The van der Waals surface area contributed by atoms with Crippen molar-refractivity contribution in [1.82, 2.24) is 20.4 Å². The number of rotatable bonds is 5. The molecule has 1 amide bonds. The van der Waals surface area contributed by atoms with Crippen LogP contribution in [0.25, 0.3) is 0 Å². The number of amides is 1. The number of hydrogen-bond acceptors (Lipinski definition) is 3. The van der Waals surface area contributed by atoms with Crippen LogP contribution in [0.4, 0.5) is 13.2 Å². The number of hydrogen-bond donors (Lipinski definition) is 2. The SMILES string of the molecule is Cn1cc([C@H]2CNC[C@@H]2C(=O)NC(Cc2ccccc2)C(F)(F)F)cn1. The first kappa shape index (κ1) is 18.4. The van der Waals surface area contributed by atoms with E-state index < -0.39 is 24.0 Å². The van der Waals surface area contributed by atoms with E-state index in [4.69, 9.17) is 0 Å². The molecule has 1 aliphatic heterocycles. The molecule has 1 fully saturated rings. The molecule has 1 aromatic carbocycles. The van der Waals surface area contributed by atoms with Crippen LogP contribution in [-0.2, 0) is 18.3 Å². The zero-order valence-corrected chi connectivity index (χ0v) is 14.3. The van der Waals surface area contributed by atoms with Crippen molar-refractivity contribution < 1.29 is 18.0 Å². The lowest BCUT2D eigenvalue weighted by molar-refractivity contribution is -0.162. The van der Waals surface area contributed by atoms with E-state index in [-0.39, 0.29) is 12.3 Å². The quantitative estimate of drug-likeness (QED) is 0.851. The maximum Gasteiger partial charge on any atom is 0.408 e. The molecule has 5 nitrogen and oxygen atoms in total. The molecular formula is C18H21F3N4O. The fraction of sp³-hybridized carbons (Fsp3) is 0.444. The molecule has 1 aromatic heterocycles. The first-order chi connectivity index (χ1) is 12.3. The predicted molar refractivity (Wildman–Crippen MR) is 90.4 cm³/mol. The van der Waals surface area contributed by atoms with E-state index in [9.17, 15) is 18.0 Å². The molecule has 0 aliphatic carbocycles. The van der Waals surface area contributed by atoms with Gasteiger partial charge in [-0.2, -0.15) is 18.3 Å². The number of halogens is 3. The third kappa shape index (κ3) is 4.24. The van der Waals surface area contributed by atoms with Gasteiger partial charge in [0.2, 0.25) is 5.91 Å². The highest BCUT2D eigenvalue weighted by atomic mass is 19.4. The molecular weight excluding hydrogens is 345 g/mol. The van der Waals surface area contributed by atoms with Crippen LogP contribution < -0.4 is 10.6 Å². The van der Waals surface area contributed by atoms with Gasteiger partial charge in [0.1, 0.15) is 6.04 Å². The van der Waals surface area contributed by atoms with Crippen LogP contribution in [0, 0.1) is 5.92 Å². The van der Waals surface area contributed by atoms with Crippen LogP contribution in [0.1, 0.15) is 17.0 Å². The van der Waals surface area contributed by atoms with Crippen molar-refractivity contribution in [2.45, 2.75) is 24.6 Å². The highest BCUT2D eigenvalue weighted by Gasteiger charge is 2.43. The molecule has 1 aliphatic rings. The number of carbonyl (C=O) groups is 1. The maximum absolute atomic E-state index is 13.4. The van der Waals surface area contributed by atoms with Crippen molar-refractivity contribution in [2.24, 2.45) is 13.0 Å². The maximum atomic E-state index is 13.4. The Bertz CT molecular complexity index is 744. The Hall–Kier alpha value is -2.35. The van der Waals surface area contributed by atoms with Crippen LogP contribution in [0.2, 0.25) is 0 Å². The summed E-state index contributed by atoms with van der Waals surface area (Å²) in [6, 6.07) is 6.45. The second-order valence-electron chi connectivity index (χ2n) is 6.61. The lowest BCUT2D eigenvalue weighted by Gasteiger charge is -2.25. The fourth-order valence-corrected chi connectivity index (χ4v) is 3.31. The lowest BCUT2D eigenvalue weighted by atomic mass is 9.90. The molecule has 0 spiro atoms. The highest BCUT2D eigenvalue weighted by molar-refractivity contribution is 5.81. The molecule has 0 radical (unpaired) electrons. The molecule has 0 bridgehead atoms. The summed E-state index contributed by atoms with van der Waals surface area (Å²) in [6.45, 7) is 0.889. The summed E-state index contributed by atoms with van der Waals surface area (Å²) in [5, 5.41) is 9.40. The number of alkyl halides is 3. The normalized spacial score (nSPS) is 21.5. The van der Waals surface area contributed by atoms with Crippen molar-refractivity contribution in [3.05, 3.63) is 53.9 Å². The molecule has 2 heterocycles. The monoisotopic (exact) mass is 366 g/mol. The van der Waals surface area contributed by atoms with Crippen molar-refractivity contribution in [3.63, 3.8) is 0 Å². The largest absolute Gasteiger partial charge is 0.408 e. The van der Waals surface area contributed by atoms with E-state index >= 15 is 0 Å². The summed E-state index contributed by atoms with van der Waals surface area (Å²) in [5.41, 5.74) is 1.38. The number of carbonyl (C=O) groups excluding carboxylic acids is 1. The van der Waals surface area contributed by atoms with Gasteiger partial charge in [-0.05, 0) is 11.1 Å². The number of aryl methyl sites for hydroxylation is 1. The van der Waals surface area contributed by atoms with Gasteiger partial charge in [-0.15, -0.1) is 0 Å². The van der Waals surface area contributed by atoms with Gasteiger partial charge in [0.15, 0.2) is 0 Å². The Kier molecular flexibility index (Phi) is 5.31. The van der Waals surface area contributed by atoms with Crippen LogP contribution in [-0.4, -0.2) is 41.0 Å². The van der Waals surface area contributed by atoms with Gasteiger partial charge in [-0.25, -0.2) is 0 Å². The summed E-state index contributed by atoms with van der Waals surface area (Å²) in [5.74, 6) is -1.32. The van der Waals surface area contributed by atoms with Gasteiger partial charge in [-0.1, -0.05) is 30.3 Å². The van der Waals surface area contributed by atoms with Crippen LogP contribution in [0.5, 0.6) is 0 Å². The Balaban J connectivity index is 1.72. The van der Waals surface area contributed by atoms with E-state index in [1.165, 1.54) is 0 Å². The van der Waals surface area contributed by atoms with Crippen molar-refractivity contribution in [3.8, 4) is 0 Å². The predicted octanol–water partition coefficient (Wildman–Crippen LogP) is 2.01. The Morgan fingerprint density at radius 2 is 2.08 bits per heavy atom. The zero-order chi connectivity index (χ0) is 18.7. The highest BCUT2D eigenvalue weighted by Crippen LogP contribution is 2.29. The van der Waals surface area contributed by atoms with Crippen molar-refractivity contribution in [2.75, 3.05) is 13.1 Å². The molecule has 0 saturated carbocycles. The molecule has 3 rings (SSSR count). The molecule has 8 heteroatoms. The molecule has 1 unspecified atom stereocenters. The van der Waals surface area contributed by atoms with Crippen LogP contribution in [0.15, 0.2) is 42.7 Å². The van der Waals surface area contributed by atoms with Gasteiger partial charge >= 0.3 is 6.18 Å². The van der Waals surface area contributed by atoms with Crippen LogP contribution in [0.3, 0.4) is 0 Å². The standard InChI is InChI=1S/C18H21F3N4O/c1-25-11-13(8-23-25)14-9-22-10-15(14)17(26)24-16(18(19,20)21)7-12-5-3-2-4-6-12/h2-6,8,11,14-16,22H,7,9-10H2,1H3,(H,24,26)/t14-,15+,16?/m1/s1. The minimum Gasteiger partial charge on any atom is -0.344 e. The first-order valence-electron chi connectivity index (χ1n) is 8.45. The Morgan fingerprint density at radius 1 is 1.35 bits per heavy atom. The lowest BCUT2D eigenvalue weighted by Crippen LogP contribution is -2.49. The molecule has 26 heavy (non-hydrogen) atoms. The molecule has 2 N–H and O–H groups in total. The average molecular weight is 366 g/mol. The summed E-state index contributed by atoms with van der Waals surface area (Å²) in [7, 11) is 1.76. The van der Waals surface area contributed by atoms with E-state index in [1.54, 1.807) is 54.5 Å². The van der Waals surface area contributed by atoms with E-state index in [1.807, 2.05) is 0 Å². The zero-order valence-electron chi connectivity index (χ0n) is 14.3. The third-order valence-electron chi connectivity index (χ3n) is 4.70. The van der Waals surface area contributed by atoms with E-state index in [0.717, 1.165) is 5.56 Å². The molecule has 2 aromatic rings. The Morgan fingerprint density at radius 3 is 2.69 bits per heavy atom. The van der Waals surface area contributed by atoms with Gasteiger partial charge in [0, 0.05) is 38.7 Å². The number of aromatic nitrogens is 2. The van der Waals surface area contributed by atoms with Gasteiger partial charge in [0.25, 0.3) is 0 Å². The minimum absolute atomic E-state index is 0.186. The van der Waals surface area contributed by atoms with Gasteiger partial charge in [-0.3, -0.25) is 9.48 Å². The van der Waals surface area contributed by atoms with E-state index in [2.05, 4.69) is 15.7 Å². The summed E-state index contributed by atoms with van der Waals surface area (Å²) in [6.07, 6.45) is -1.35. The molecule has 1 saturated heterocycles. The third-order valence-corrected chi connectivity index (χ3v) is 4.70. The second kappa shape index (κ2) is 7.49. The van der Waals surface area contributed by atoms with Gasteiger partial charge in [0.05, 0.1) is 12.1 Å². The van der Waals surface area contributed by atoms with Crippen molar-refractivity contribution >= 4 is 5.91 Å². The van der Waals surface area contributed by atoms with Crippen LogP contribution >= 0.6 is 0 Å². The van der Waals surface area contributed by atoms with Crippen molar-refractivity contribution in [1.29, 1.82) is 0 Å². The number of nitrogens with one attached hydrogen (secondary N) is 2. The first-order valence-corrected chi connectivity index (χ1v) is 8.45. The average Bonchev–Trinajstić information content (AvgIpc) is 3.23. The smallest absolute Gasteiger partial charge is 0.344 e. The summed E-state index contributed by atoms with van der Waals surface area (Å²) < 4.78 is 41.9.